The van der Waals surface area contributed by atoms with Crippen molar-refractivity contribution in [3.8, 4) is 0 Å². The van der Waals surface area contributed by atoms with Crippen LogP contribution in [0.4, 0.5) is 11.5 Å². The largest absolute Gasteiger partial charge is 0.385 e. The van der Waals surface area contributed by atoms with Crippen molar-refractivity contribution in [1.82, 2.24) is 17.3 Å². The summed E-state index contributed by atoms with van der Waals surface area (Å²) in [5.41, 5.74) is 5.50. The van der Waals surface area contributed by atoms with Gasteiger partial charge in [0.15, 0.2) is 0 Å². The van der Waals surface area contributed by atoms with Crippen molar-refractivity contribution >= 4 is 11.5 Å². The first-order valence-corrected chi connectivity index (χ1v) is 7.47. The Balaban J connectivity index is 0.000000882. The van der Waals surface area contributed by atoms with E-state index in [2.05, 4.69) is 39.9 Å². The lowest BCUT2D eigenvalue weighted by molar-refractivity contribution is 0.659. The van der Waals surface area contributed by atoms with E-state index in [1.807, 2.05) is 12.3 Å². The highest BCUT2D eigenvalue weighted by molar-refractivity contribution is 5.56. The summed E-state index contributed by atoms with van der Waals surface area (Å²) in [7, 11) is 0. The molecule has 0 saturated heterocycles. The van der Waals surface area contributed by atoms with E-state index in [0.717, 1.165) is 25.2 Å². The van der Waals surface area contributed by atoms with Crippen LogP contribution in [0.1, 0.15) is 35.6 Å². The van der Waals surface area contributed by atoms with Crippen LogP contribution in [0.3, 0.4) is 0 Å². The maximum atomic E-state index is 4.46. The molecule has 1 atom stereocenters. The van der Waals surface area contributed by atoms with E-state index in [4.69, 9.17) is 0 Å². The van der Waals surface area contributed by atoms with Crippen LogP contribution in [0, 0.1) is 0 Å². The number of hydrogen-bond donors (Lipinski definition) is 4. The third kappa shape index (κ3) is 2.91. The molecule has 0 amide bonds. The molecule has 1 aromatic carbocycles. The van der Waals surface area contributed by atoms with Crippen molar-refractivity contribution in [2.24, 2.45) is 0 Å². The van der Waals surface area contributed by atoms with Crippen molar-refractivity contribution < 1.29 is 0 Å². The monoisotopic (exact) mass is 299 g/mol. The molecule has 0 fully saturated rings. The van der Waals surface area contributed by atoms with Crippen LogP contribution in [0.2, 0.25) is 0 Å². The number of nitrogens with zero attached hydrogens (tertiary/aromatic N) is 1. The van der Waals surface area contributed by atoms with Crippen molar-refractivity contribution in [3.05, 3.63) is 53.2 Å². The predicted octanol–water partition coefficient (Wildman–Crippen LogP) is 3.86. The van der Waals surface area contributed by atoms with Crippen LogP contribution < -0.4 is 22.9 Å². The Hall–Kier alpha value is -2.11. The summed E-state index contributed by atoms with van der Waals surface area (Å²) < 4.78 is 0. The molecule has 0 bridgehead atoms. The lowest BCUT2D eigenvalue weighted by Crippen LogP contribution is -2.20. The smallest absolute Gasteiger partial charge is 0.129 e. The lowest BCUT2D eigenvalue weighted by atomic mass is 9.92. The predicted molar refractivity (Wildman–Crippen MR) is 92.2 cm³/mol. The molecular formula is C17H25N5. The molecule has 22 heavy (non-hydrogen) atoms. The fourth-order valence-electron chi connectivity index (χ4n) is 3.27. The molecule has 2 aliphatic heterocycles. The third-order valence-corrected chi connectivity index (χ3v) is 4.37. The summed E-state index contributed by atoms with van der Waals surface area (Å²) in [4.78, 5) is 4.46. The van der Waals surface area contributed by atoms with Crippen LogP contribution in [0.15, 0.2) is 36.5 Å². The number of anilines is 2. The first-order chi connectivity index (χ1) is 9.90. The maximum absolute atomic E-state index is 4.46. The molecule has 3 heterocycles. The van der Waals surface area contributed by atoms with E-state index in [1.54, 1.807) is 0 Å². The topological polar surface area (TPSA) is 107 Å². The van der Waals surface area contributed by atoms with Crippen molar-refractivity contribution in [2.75, 3.05) is 17.2 Å². The fourth-order valence-corrected chi connectivity index (χ4v) is 3.27. The highest BCUT2D eigenvalue weighted by Gasteiger charge is 2.21. The maximum Gasteiger partial charge on any atom is 0.129 e. The van der Waals surface area contributed by atoms with Crippen molar-refractivity contribution in [1.29, 1.82) is 0 Å². The Morgan fingerprint density at radius 3 is 2.86 bits per heavy atom. The summed E-state index contributed by atoms with van der Waals surface area (Å²) in [5, 5.41) is 7.06. The first-order valence-electron chi connectivity index (χ1n) is 7.47. The molecule has 2 aliphatic rings. The molecule has 4 rings (SSSR count). The van der Waals surface area contributed by atoms with E-state index in [0.29, 0.717) is 6.04 Å². The second-order valence-electron chi connectivity index (χ2n) is 5.69. The first kappa shape index (κ1) is 16.3. The highest BCUT2D eigenvalue weighted by atomic mass is 15.0. The zero-order valence-electron chi connectivity index (χ0n) is 12.9. The highest BCUT2D eigenvalue weighted by Crippen LogP contribution is 2.33. The number of rotatable bonds is 1. The molecule has 1 aromatic heterocycles. The average molecular weight is 299 g/mol. The molecule has 2 aromatic rings. The van der Waals surface area contributed by atoms with Gasteiger partial charge >= 0.3 is 0 Å². The quantitative estimate of drug-likeness (QED) is 0.639. The molecule has 5 heteroatoms. The average Bonchev–Trinajstić information content (AvgIpc) is 2.54. The zero-order valence-corrected chi connectivity index (χ0v) is 12.9. The van der Waals surface area contributed by atoms with Gasteiger partial charge in [0.2, 0.25) is 0 Å². The number of aryl methyl sites for hydroxylation is 2. The van der Waals surface area contributed by atoms with E-state index in [-0.39, 0.29) is 12.3 Å². The van der Waals surface area contributed by atoms with Crippen LogP contribution in [0.5, 0.6) is 0 Å². The van der Waals surface area contributed by atoms with Crippen LogP contribution in [0.25, 0.3) is 0 Å². The SMILES string of the molecule is N.N.c1cnc2c(c1)CCC(c1ccc3c(c1)CCCN3)N2. The van der Waals surface area contributed by atoms with Crippen molar-refractivity contribution in [3.63, 3.8) is 0 Å². The molecule has 0 spiro atoms. The van der Waals surface area contributed by atoms with Crippen molar-refractivity contribution in [2.45, 2.75) is 31.7 Å². The van der Waals surface area contributed by atoms with Crippen LogP contribution in [-0.4, -0.2) is 11.5 Å². The Morgan fingerprint density at radius 1 is 1.05 bits per heavy atom. The normalized spacial score (nSPS) is 18.5. The minimum atomic E-state index is 0. The Kier molecular flexibility index (Phi) is 5.00. The number of aromatic nitrogens is 1. The number of hydrogen-bond acceptors (Lipinski definition) is 5. The van der Waals surface area contributed by atoms with Gasteiger partial charge < -0.3 is 22.9 Å². The summed E-state index contributed by atoms with van der Waals surface area (Å²) in [6.07, 6.45) is 6.54. The third-order valence-electron chi connectivity index (χ3n) is 4.37. The van der Waals surface area contributed by atoms with Crippen LogP contribution >= 0.6 is 0 Å². The van der Waals surface area contributed by atoms with E-state index in [1.165, 1.54) is 35.2 Å². The van der Waals surface area contributed by atoms with Gasteiger partial charge in [0, 0.05) is 18.4 Å². The number of nitrogens with one attached hydrogen (secondary N) is 2. The second-order valence-corrected chi connectivity index (χ2v) is 5.69. The van der Waals surface area contributed by atoms with E-state index >= 15 is 0 Å². The van der Waals surface area contributed by atoms with Gasteiger partial charge in [-0.15, -0.1) is 0 Å². The standard InChI is InChI=1S/C17H19N3.2H3N/c1-3-12-5-8-16(20-17(12)19-10-1)14-6-7-15-13(11-14)4-2-9-18-15;;/h1,3,6-7,10-11,16,18H,2,4-5,8-9H2,(H,19,20);2*1H3. The van der Waals surface area contributed by atoms with Gasteiger partial charge in [0.25, 0.3) is 0 Å². The van der Waals surface area contributed by atoms with Crippen LogP contribution in [-0.2, 0) is 12.8 Å². The summed E-state index contributed by atoms with van der Waals surface area (Å²) >= 11 is 0. The van der Waals surface area contributed by atoms with Gasteiger partial charge in [-0.1, -0.05) is 18.2 Å². The molecule has 0 saturated carbocycles. The Bertz CT molecular complexity index is 641. The minimum Gasteiger partial charge on any atom is -0.385 e. The molecule has 0 radical (unpaired) electrons. The van der Waals surface area contributed by atoms with Gasteiger partial charge in [-0.05, 0) is 54.5 Å². The molecule has 118 valence electrons. The van der Waals surface area contributed by atoms with Gasteiger partial charge in [-0.3, -0.25) is 0 Å². The molecular weight excluding hydrogens is 274 g/mol. The zero-order chi connectivity index (χ0) is 13.4. The second kappa shape index (κ2) is 6.77. The number of fused-ring (bicyclic) bond motifs is 2. The van der Waals surface area contributed by atoms with Gasteiger partial charge in [-0.2, -0.15) is 0 Å². The number of pyridine rings is 1. The Labute approximate surface area is 131 Å². The van der Waals surface area contributed by atoms with E-state index in [9.17, 15) is 0 Å². The van der Waals surface area contributed by atoms with Gasteiger partial charge in [0.05, 0.1) is 6.04 Å². The Morgan fingerprint density at radius 2 is 1.95 bits per heavy atom. The van der Waals surface area contributed by atoms with Gasteiger partial charge in [-0.25, -0.2) is 4.98 Å². The molecule has 1 unspecified atom stereocenters. The summed E-state index contributed by atoms with van der Waals surface area (Å²) in [5.74, 6) is 1.06. The van der Waals surface area contributed by atoms with E-state index < -0.39 is 0 Å². The summed E-state index contributed by atoms with van der Waals surface area (Å²) in [6.45, 7) is 1.10. The molecule has 0 aliphatic carbocycles. The lowest BCUT2D eigenvalue weighted by Gasteiger charge is -2.28. The fraction of sp³-hybridized carbons (Fsp3) is 0.353. The molecule has 8 N–H and O–H groups in total. The minimum absolute atomic E-state index is 0. The molecule has 5 nitrogen and oxygen atoms in total. The van der Waals surface area contributed by atoms with Gasteiger partial charge in [0.1, 0.15) is 5.82 Å². The summed E-state index contributed by atoms with van der Waals surface area (Å²) in [6, 6.07) is 11.4. The number of benzene rings is 1.